The topological polar surface area (TPSA) is 127 Å². The molecule has 34 heavy (non-hydrogen) atoms. The van der Waals surface area contributed by atoms with Crippen molar-refractivity contribution in [2.24, 2.45) is 0 Å². The van der Waals surface area contributed by atoms with Crippen LogP contribution < -0.4 is 5.32 Å². The van der Waals surface area contributed by atoms with Crippen molar-refractivity contribution in [3.8, 4) is 5.75 Å². The van der Waals surface area contributed by atoms with E-state index in [1.807, 2.05) is 30.3 Å². The van der Waals surface area contributed by atoms with E-state index in [9.17, 15) is 29.7 Å². The molecule has 0 aromatic heterocycles. The second-order valence-corrected chi connectivity index (χ2v) is 10.7. The van der Waals surface area contributed by atoms with Gasteiger partial charge in [-0.05, 0) is 57.4 Å². The number of aryl methyl sites for hydroxylation is 1. The molecule has 3 atom stereocenters. The smallest absolute Gasteiger partial charge is 0.327 e. The number of amides is 2. The Labute approximate surface area is 203 Å². The van der Waals surface area contributed by atoms with Crippen LogP contribution in [0.1, 0.15) is 40.9 Å². The highest BCUT2D eigenvalue weighted by molar-refractivity contribution is 8.00. The van der Waals surface area contributed by atoms with Gasteiger partial charge < -0.3 is 25.5 Å². The third-order valence-corrected chi connectivity index (χ3v) is 7.46. The Hall–Kier alpha value is -3.04. The van der Waals surface area contributed by atoms with Crippen LogP contribution in [0.2, 0.25) is 0 Å². The van der Waals surface area contributed by atoms with Crippen molar-refractivity contribution in [1.29, 1.82) is 0 Å². The molecular formula is C25H30N2O6S. The van der Waals surface area contributed by atoms with E-state index >= 15 is 0 Å². The monoisotopic (exact) mass is 486 g/mol. The van der Waals surface area contributed by atoms with Gasteiger partial charge in [0.25, 0.3) is 11.8 Å². The van der Waals surface area contributed by atoms with Crippen molar-refractivity contribution in [2.75, 3.05) is 5.88 Å². The van der Waals surface area contributed by atoms with E-state index in [1.54, 1.807) is 39.8 Å². The molecule has 1 heterocycles. The van der Waals surface area contributed by atoms with Crippen LogP contribution in [-0.4, -0.2) is 66.8 Å². The van der Waals surface area contributed by atoms with Gasteiger partial charge >= 0.3 is 5.97 Å². The summed E-state index contributed by atoms with van der Waals surface area (Å²) < 4.78 is -0.727. The molecule has 0 radical (unpaired) electrons. The van der Waals surface area contributed by atoms with E-state index < -0.39 is 40.7 Å². The quantitative estimate of drug-likeness (QED) is 0.473. The highest BCUT2D eigenvalue weighted by Gasteiger charge is 2.50. The van der Waals surface area contributed by atoms with E-state index in [0.717, 1.165) is 10.5 Å². The number of nitrogens with one attached hydrogen (secondary N) is 1. The number of thioether (sulfide) groups is 1. The SMILES string of the molecule is Cc1cc(O)c(C)c(C(=O)N[C@@H](Cc2ccccc2)[C@H](O)C(=O)N2CSC(C)(C)C2C(=O)O)c1. The van der Waals surface area contributed by atoms with Crippen molar-refractivity contribution in [3.63, 3.8) is 0 Å². The van der Waals surface area contributed by atoms with Crippen molar-refractivity contribution in [2.45, 2.75) is 57.1 Å². The summed E-state index contributed by atoms with van der Waals surface area (Å²) >= 11 is 1.32. The Bertz CT molecular complexity index is 1090. The number of nitrogens with zero attached hydrogens (tertiary/aromatic N) is 1. The minimum absolute atomic E-state index is 0.0259. The third kappa shape index (κ3) is 5.37. The fraction of sp³-hybridized carbons (Fsp3) is 0.400. The number of aliphatic hydroxyl groups is 1. The lowest BCUT2D eigenvalue weighted by Crippen LogP contribution is -2.57. The fourth-order valence-corrected chi connectivity index (χ4v) is 5.29. The Morgan fingerprint density at radius 1 is 1.18 bits per heavy atom. The lowest BCUT2D eigenvalue weighted by atomic mass is 9.97. The summed E-state index contributed by atoms with van der Waals surface area (Å²) in [6, 6.07) is 10.1. The van der Waals surface area contributed by atoms with Crippen LogP contribution >= 0.6 is 11.8 Å². The van der Waals surface area contributed by atoms with Gasteiger partial charge in [0.2, 0.25) is 0 Å². The second kappa shape index (κ2) is 10.1. The molecule has 182 valence electrons. The summed E-state index contributed by atoms with van der Waals surface area (Å²) in [6.45, 7) is 6.84. The molecule has 0 aliphatic carbocycles. The lowest BCUT2D eigenvalue weighted by molar-refractivity contribution is -0.154. The van der Waals surface area contributed by atoms with Crippen LogP contribution in [0.4, 0.5) is 0 Å². The molecule has 1 unspecified atom stereocenters. The van der Waals surface area contributed by atoms with Crippen LogP contribution in [-0.2, 0) is 16.0 Å². The van der Waals surface area contributed by atoms with E-state index in [4.69, 9.17) is 0 Å². The molecule has 4 N–H and O–H groups in total. The Kier molecular flexibility index (Phi) is 7.57. The molecule has 0 saturated carbocycles. The first-order valence-electron chi connectivity index (χ1n) is 10.9. The van der Waals surface area contributed by atoms with Gasteiger partial charge in [-0.25, -0.2) is 4.79 Å². The van der Waals surface area contributed by atoms with E-state index in [2.05, 4.69) is 5.32 Å². The number of aliphatic carboxylic acids is 1. The minimum atomic E-state index is -1.67. The summed E-state index contributed by atoms with van der Waals surface area (Å²) in [5.41, 5.74) is 2.09. The number of hydrogen-bond acceptors (Lipinski definition) is 6. The number of benzene rings is 2. The molecule has 2 aromatic carbocycles. The molecule has 1 saturated heterocycles. The first-order valence-corrected chi connectivity index (χ1v) is 11.9. The second-order valence-electron chi connectivity index (χ2n) is 9.10. The van der Waals surface area contributed by atoms with Gasteiger partial charge in [-0.2, -0.15) is 0 Å². The summed E-state index contributed by atoms with van der Waals surface area (Å²) in [5, 5.41) is 33.7. The Morgan fingerprint density at radius 3 is 2.44 bits per heavy atom. The highest BCUT2D eigenvalue weighted by atomic mass is 32.2. The Balaban J connectivity index is 1.90. The molecular weight excluding hydrogens is 456 g/mol. The molecule has 9 heteroatoms. The maximum Gasteiger partial charge on any atom is 0.327 e. The minimum Gasteiger partial charge on any atom is -0.508 e. The molecule has 0 bridgehead atoms. The van der Waals surface area contributed by atoms with Crippen molar-refractivity contribution >= 4 is 29.5 Å². The van der Waals surface area contributed by atoms with Crippen LogP contribution in [0.25, 0.3) is 0 Å². The molecule has 2 aromatic rings. The summed E-state index contributed by atoms with van der Waals surface area (Å²) in [7, 11) is 0. The molecule has 2 amide bonds. The van der Waals surface area contributed by atoms with Gasteiger partial charge in [0, 0.05) is 15.9 Å². The zero-order valence-electron chi connectivity index (χ0n) is 19.6. The number of rotatable bonds is 7. The fourth-order valence-electron chi connectivity index (χ4n) is 4.16. The number of carbonyl (C=O) groups is 3. The first-order chi connectivity index (χ1) is 15.9. The number of phenolic OH excluding ortho intramolecular Hbond substituents is 1. The van der Waals surface area contributed by atoms with Crippen molar-refractivity contribution in [3.05, 3.63) is 64.7 Å². The number of phenols is 1. The molecule has 3 rings (SSSR count). The van der Waals surface area contributed by atoms with Gasteiger partial charge in [0.15, 0.2) is 6.10 Å². The van der Waals surface area contributed by atoms with E-state index in [-0.39, 0.29) is 23.6 Å². The summed E-state index contributed by atoms with van der Waals surface area (Å²) in [4.78, 5) is 39.5. The molecule has 8 nitrogen and oxygen atoms in total. The maximum atomic E-state index is 13.3. The lowest BCUT2D eigenvalue weighted by Gasteiger charge is -2.31. The Morgan fingerprint density at radius 2 is 1.82 bits per heavy atom. The average Bonchev–Trinajstić information content (AvgIpc) is 3.10. The zero-order valence-corrected chi connectivity index (χ0v) is 20.4. The number of hydrogen-bond donors (Lipinski definition) is 4. The molecule has 1 aliphatic rings. The maximum absolute atomic E-state index is 13.3. The van der Waals surface area contributed by atoms with Crippen LogP contribution in [0.5, 0.6) is 5.75 Å². The summed E-state index contributed by atoms with van der Waals surface area (Å²) in [6.07, 6.45) is -1.52. The normalized spacial score (nSPS) is 18.9. The number of carboxylic acids is 1. The standard InChI is InChI=1S/C25H30N2O6S/c1-14-10-17(15(2)19(28)11-14)22(30)26-18(12-16-8-6-5-7-9-16)20(29)23(31)27-13-34-25(3,4)21(27)24(32)33/h5-11,18,20-21,28-29H,12-13H2,1-4H3,(H,26,30)(H,32,33)/t18-,20-,21?/m0/s1. The highest BCUT2D eigenvalue weighted by Crippen LogP contribution is 2.39. The number of aliphatic hydroxyl groups excluding tert-OH is 1. The van der Waals surface area contributed by atoms with Crippen molar-refractivity contribution < 1.29 is 29.7 Å². The van der Waals surface area contributed by atoms with Crippen LogP contribution in [0, 0.1) is 13.8 Å². The van der Waals surface area contributed by atoms with Gasteiger partial charge in [-0.3, -0.25) is 9.59 Å². The van der Waals surface area contributed by atoms with E-state index in [1.165, 1.54) is 11.8 Å². The third-order valence-electron chi connectivity index (χ3n) is 6.08. The number of carbonyl (C=O) groups excluding carboxylic acids is 2. The predicted octanol–water partition coefficient (Wildman–Crippen LogP) is 2.48. The molecule has 0 spiro atoms. The van der Waals surface area contributed by atoms with Crippen molar-refractivity contribution in [1.82, 2.24) is 10.2 Å². The molecule has 1 fully saturated rings. The number of aromatic hydroxyl groups is 1. The predicted molar refractivity (Wildman–Crippen MR) is 130 cm³/mol. The number of carboxylic acid groups (broad SMARTS) is 1. The first kappa shape index (κ1) is 25.6. The van der Waals surface area contributed by atoms with Gasteiger partial charge in [0.05, 0.1) is 11.9 Å². The van der Waals surface area contributed by atoms with Gasteiger partial charge in [-0.1, -0.05) is 30.3 Å². The van der Waals surface area contributed by atoms with Crippen LogP contribution in [0.3, 0.4) is 0 Å². The molecule has 1 aliphatic heterocycles. The largest absolute Gasteiger partial charge is 0.508 e. The van der Waals surface area contributed by atoms with Gasteiger partial charge in [0.1, 0.15) is 11.8 Å². The van der Waals surface area contributed by atoms with Crippen LogP contribution in [0.15, 0.2) is 42.5 Å². The zero-order chi connectivity index (χ0) is 25.2. The van der Waals surface area contributed by atoms with E-state index in [0.29, 0.717) is 11.1 Å². The average molecular weight is 487 g/mol. The van der Waals surface area contributed by atoms with Gasteiger partial charge in [-0.15, -0.1) is 11.8 Å². The summed E-state index contributed by atoms with van der Waals surface area (Å²) in [5.74, 6) is -2.35.